The third-order valence-corrected chi connectivity index (χ3v) is 3.64. The van der Waals surface area contributed by atoms with Crippen molar-refractivity contribution in [2.45, 2.75) is 44.4 Å². The highest BCUT2D eigenvalue weighted by atomic mass is 15.2. The van der Waals surface area contributed by atoms with Crippen LogP contribution in [0, 0.1) is 0 Å². The molecule has 1 aliphatic rings. The Bertz CT molecular complexity index is 486. The minimum atomic E-state index is 0.591. The molecule has 0 amide bonds. The largest absolute Gasteiger partial charge is 0.264 e. The molecule has 94 valence electrons. The van der Waals surface area contributed by atoms with Crippen molar-refractivity contribution in [3.63, 3.8) is 0 Å². The molecule has 1 aliphatic carbocycles. The third-order valence-electron chi connectivity index (χ3n) is 3.64. The monoisotopic (exact) mass is 242 g/mol. The second kappa shape index (κ2) is 5.29. The lowest BCUT2D eigenvalue weighted by molar-refractivity contribution is 0.671. The number of rotatable bonds is 4. The fourth-order valence-electron chi connectivity index (χ4n) is 2.60. The number of hydrogen-bond acceptors (Lipinski definition) is 3. The van der Waals surface area contributed by atoms with Gasteiger partial charge in [0.2, 0.25) is 0 Å². The zero-order valence-corrected chi connectivity index (χ0v) is 10.5. The van der Waals surface area contributed by atoms with Gasteiger partial charge >= 0.3 is 0 Å². The van der Waals surface area contributed by atoms with Gasteiger partial charge in [-0.15, -0.1) is 0 Å². The van der Waals surface area contributed by atoms with Crippen molar-refractivity contribution < 1.29 is 0 Å². The fourth-order valence-corrected chi connectivity index (χ4v) is 2.60. The summed E-state index contributed by atoms with van der Waals surface area (Å²) in [6.45, 7) is 0. The molecule has 18 heavy (non-hydrogen) atoms. The first kappa shape index (κ1) is 11.4. The smallest absolute Gasteiger partial charge is 0.153 e. The second-order valence-electron chi connectivity index (χ2n) is 4.98. The lowest BCUT2D eigenvalue weighted by Crippen LogP contribution is -1.96. The molecule has 4 heteroatoms. The second-order valence-corrected chi connectivity index (χ2v) is 4.98. The lowest BCUT2D eigenvalue weighted by atomic mass is 10.1. The predicted molar refractivity (Wildman–Crippen MR) is 69.2 cm³/mol. The summed E-state index contributed by atoms with van der Waals surface area (Å²) in [5.74, 6) is 2.61. The van der Waals surface area contributed by atoms with Crippen LogP contribution in [0.2, 0.25) is 0 Å². The Hall–Kier alpha value is -1.71. The van der Waals surface area contributed by atoms with Gasteiger partial charge in [0, 0.05) is 24.7 Å². The first-order chi connectivity index (χ1) is 8.92. The molecule has 4 nitrogen and oxygen atoms in total. The van der Waals surface area contributed by atoms with Gasteiger partial charge in [0.1, 0.15) is 5.82 Å². The molecule has 1 saturated carbocycles. The average molecular weight is 242 g/mol. The molecule has 0 saturated heterocycles. The van der Waals surface area contributed by atoms with Crippen LogP contribution in [-0.4, -0.2) is 20.2 Å². The van der Waals surface area contributed by atoms with Crippen LogP contribution in [0.15, 0.2) is 24.5 Å². The van der Waals surface area contributed by atoms with Crippen LogP contribution in [-0.2, 0) is 12.8 Å². The van der Waals surface area contributed by atoms with Gasteiger partial charge < -0.3 is 0 Å². The van der Waals surface area contributed by atoms with Crippen LogP contribution in [0.25, 0.3) is 0 Å². The zero-order chi connectivity index (χ0) is 12.2. The van der Waals surface area contributed by atoms with E-state index in [1.807, 2.05) is 12.3 Å². The first-order valence-electron chi connectivity index (χ1n) is 6.72. The SMILES string of the molecule is c1cncc(CCc2nc(C3CCCC3)n[nH]2)c1. The van der Waals surface area contributed by atoms with Crippen LogP contribution in [0.1, 0.15) is 48.8 Å². The Morgan fingerprint density at radius 1 is 1.22 bits per heavy atom. The molecule has 1 fully saturated rings. The molecule has 3 rings (SSSR count). The number of H-pyrrole nitrogens is 1. The van der Waals surface area contributed by atoms with Crippen LogP contribution in [0.5, 0.6) is 0 Å². The number of aromatic nitrogens is 4. The van der Waals surface area contributed by atoms with Crippen LogP contribution in [0.4, 0.5) is 0 Å². The van der Waals surface area contributed by atoms with Gasteiger partial charge in [0.25, 0.3) is 0 Å². The van der Waals surface area contributed by atoms with Gasteiger partial charge in [0.05, 0.1) is 0 Å². The molecule has 2 heterocycles. The number of pyridine rings is 1. The molecular weight excluding hydrogens is 224 g/mol. The van der Waals surface area contributed by atoms with Crippen LogP contribution >= 0.6 is 0 Å². The normalized spacial score (nSPS) is 16.2. The van der Waals surface area contributed by atoms with E-state index in [2.05, 4.69) is 26.2 Å². The van der Waals surface area contributed by atoms with E-state index >= 15 is 0 Å². The summed E-state index contributed by atoms with van der Waals surface area (Å²) in [4.78, 5) is 8.74. The number of nitrogens with one attached hydrogen (secondary N) is 1. The number of nitrogens with zero attached hydrogens (tertiary/aromatic N) is 3. The van der Waals surface area contributed by atoms with E-state index in [9.17, 15) is 0 Å². The van der Waals surface area contributed by atoms with Crippen molar-refractivity contribution in [3.05, 3.63) is 41.7 Å². The maximum Gasteiger partial charge on any atom is 0.153 e. The van der Waals surface area contributed by atoms with Crippen LogP contribution < -0.4 is 0 Å². The molecule has 2 aromatic rings. The lowest BCUT2D eigenvalue weighted by Gasteiger charge is -2.01. The summed E-state index contributed by atoms with van der Waals surface area (Å²) >= 11 is 0. The van der Waals surface area contributed by atoms with Gasteiger partial charge in [-0.25, -0.2) is 4.98 Å². The Kier molecular flexibility index (Phi) is 3.35. The fraction of sp³-hybridized carbons (Fsp3) is 0.500. The minimum Gasteiger partial charge on any atom is -0.264 e. The standard InChI is InChI=1S/C14H18N4/c1-2-6-12(5-1)14-16-13(17-18-14)8-7-11-4-3-9-15-10-11/h3-4,9-10,12H,1-2,5-8H2,(H,16,17,18). The molecule has 0 atom stereocenters. The topological polar surface area (TPSA) is 54.5 Å². The van der Waals surface area contributed by atoms with Crippen molar-refractivity contribution in [2.24, 2.45) is 0 Å². The van der Waals surface area contributed by atoms with Crippen LogP contribution in [0.3, 0.4) is 0 Å². The van der Waals surface area contributed by atoms with Crippen molar-refractivity contribution in [3.8, 4) is 0 Å². The molecule has 0 aliphatic heterocycles. The minimum absolute atomic E-state index is 0.591. The van der Waals surface area contributed by atoms with Gasteiger partial charge in [-0.1, -0.05) is 18.9 Å². The number of aromatic amines is 1. The van der Waals surface area contributed by atoms with Crippen molar-refractivity contribution in [1.29, 1.82) is 0 Å². The summed E-state index contributed by atoms with van der Waals surface area (Å²) in [5.41, 5.74) is 1.25. The van der Waals surface area contributed by atoms with E-state index < -0.39 is 0 Å². The summed E-state index contributed by atoms with van der Waals surface area (Å²) < 4.78 is 0. The van der Waals surface area contributed by atoms with Crippen molar-refractivity contribution in [2.75, 3.05) is 0 Å². The Balaban J connectivity index is 1.60. The highest BCUT2D eigenvalue weighted by Crippen LogP contribution is 2.31. The van der Waals surface area contributed by atoms with Gasteiger partial charge in [-0.2, -0.15) is 5.10 Å². The highest BCUT2D eigenvalue weighted by Gasteiger charge is 2.20. The van der Waals surface area contributed by atoms with E-state index in [0.29, 0.717) is 5.92 Å². The molecule has 0 aromatic carbocycles. The predicted octanol–water partition coefficient (Wildman–Crippen LogP) is 2.64. The summed E-state index contributed by atoms with van der Waals surface area (Å²) in [7, 11) is 0. The van der Waals surface area contributed by atoms with E-state index in [4.69, 9.17) is 0 Å². The Labute approximate surface area is 107 Å². The molecule has 1 N–H and O–H groups in total. The molecule has 0 bridgehead atoms. The van der Waals surface area contributed by atoms with Gasteiger partial charge in [-0.05, 0) is 30.9 Å². The van der Waals surface area contributed by atoms with E-state index in [1.54, 1.807) is 6.20 Å². The molecular formula is C14H18N4. The highest BCUT2D eigenvalue weighted by molar-refractivity contribution is 5.10. The summed E-state index contributed by atoms with van der Waals surface area (Å²) in [5, 5.41) is 7.43. The molecule has 0 spiro atoms. The van der Waals surface area contributed by atoms with Gasteiger partial charge in [-0.3, -0.25) is 10.1 Å². The van der Waals surface area contributed by atoms with Crippen molar-refractivity contribution in [1.82, 2.24) is 20.2 Å². The molecule has 0 radical (unpaired) electrons. The zero-order valence-electron chi connectivity index (χ0n) is 10.5. The average Bonchev–Trinajstić information content (AvgIpc) is 3.08. The van der Waals surface area contributed by atoms with E-state index in [1.165, 1.54) is 31.2 Å². The maximum absolute atomic E-state index is 4.62. The number of aryl methyl sites for hydroxylation is 2. The Morgan fingerprint density at radius 3 is 2.89 bits per heavy atom. The summed E-state index contributed by atoms with van der Waals surface area (Å²) in [6.07, 6.45) is 10.7. The van der Waals surface area contributed by atoms with Crippen molar-refractivity contribution >= 4 is 0 Å². The third kappa shape index (κ3) is 2.58. The molecule has 2 aromatic heterocycles. The first-order valence-corrected chi connectivity index (χ1v) is 6.72. The molecule has 0 unspecified atom stereocenters. The Morgan fingerprint density at radius 2 is 2.11 bits per heavy atom. The number of hydrogen-bond donors (Lipinski definition) is 1. The van der Waals surface area contributed by atoms with E-state index in [0.717, 1.165) is 24.5 Å². The summed E-state index contributed by atoms with van der Waals surface area (Å²) in [6, 6.07) is 4.07. The maximum atomic E-state index is 4.62. The quantitative estimate of drug-likeness (QED) is 0.896. The van der Waals surface area contributed by atoms with Gasteiger partial charge in [0.15, 0.2) is 5.82 Å². The van der Waals surface area contributed by atoms with E-state index in [-0.39, 0.29) is 0 Å².